The quantitative estimate of drug-likeness (QED) is 0.790. The highest BCUT2D eigenvalue weighted by Crippen LogP contribution is 2.19. The minimum Gasteiger partial charge on any atom is -0.461 e. The van der Waals surface area contributed by atoms with Crippen molar-refractivity contribution < 1.29 is 13.9 Å². The van der Waals surface area contributed by atoms with E-state index in [9.17, 15) is 9.18 Å². The number of aromatic nitrogens is 1. The van der Waals surface area contributed by atoms with Gasteiger partial charge in [-0.15, -0.1) is 0 Å². The van der Waals surface area contributed by atoms with Crippen molar-refractivity contribution >= 4 is 21.9 Å². The normalized spacial score (nSPS) is 10.6. The first-order valence-electron chi connectivity index (χ1n) is 6.29. The maximum atomic E-state index is 13.9. The molecule has 1 aromatic heterocycles. The number of aryl methyl sites for hydroxylation is 1. The monoisotopic (exact) mass is 339 g/mol. The third kappa shape index (κ3) is 3.10. The van der Waals surface area contributed by atoms with E-state index in [1.165, 1.54) is 6.07 Å². The minimum absolute atomic E-state index is 0.293. The first-order valence-corrected chi connectivity index (χ1v) is 7.09. The molecule has 1 aromatic carbocycles. The van der Waals surface area contributed by atoms with Gasteiger partial charge in [0.15, 0.2) is 0 Å². The van der Waals surface area contributed by atoms with E-state index in [4.69, 9.17) is 4.74 Å². The highest BCUT2D eigenvalue weighted by Gasteiger charge is 2.16. The molecular formula is C15H15BrFNO2. The van der Waals surface area contributed by atoms with Crippen LogP contribution in [0.15, 0.2) is 34.9 Å². The molecule has 2 aromatic rings. The zero-order chi connectivity index (χ0) is 14.7. The molecule has 0 atom stereocenters. The Labute approximate surface area is 125 Å². The van der Waals surface area contributed by atoms with Gasteiger partial charge in [-0.1, -0.05) is 22.0 Å². The lowest BCUT2D eigenvalue weighted by atomic mass is 10.2. The van der Waals surface area contributed by atoms with Gasteiger partial charge in [-0.25, -0.2) is 9.18 Å². The van der Waals surface area contributed by atoms with Crippen LogP contribution in [0.4, 0.5) is 4.39 Å². The second-order valence-corrected chi connectivity index (χ2v) is 5.35. The van der Waals surface area contributed by atoms with Crippen LogP contribution in [0, 0.1) is 12.7 Å². The van der Waals surface area contributed by atoms with Crippen molar-refractivity contribution in [2.45, 2.75) is 20.4 Å². The Morgan fingerprint density at radius 2 is 2.15 bits per heavy atom. The Balaban J connectivity index is 2.32. The van der Waals surface area contributed by atoms with Crippen LogP contribution in [-0.2, 0) is 11.3 Å². The third-order valence-electron chi connectivity index (χ3n) is 2.99. The Kier molecular flexibility index (Phi) is 4.60. The Morgan fingerprint density at radius 3 is 2.80 bits per heavy atom. The van der Waals surface area contributed by atoms with E-state index in [0.717, 1.165) is 5.56 Å². The summed E-state index contributed by atoms with van der Waals surface area (Å²) in [4.78, 5) is 11.9. The van der Waals surface area contributed by atoms with Crippen molar-refractivity contribution in [3.8, 4) is 0 Å². The number of carbonyl (C=O) groups is 1. The maximum Gasteiger partial charge on any atom is 0.355 e. The van der Waals surface area contributed by atoms with Crippen molar-refractivity contribution in [2.24, 2.45) is 0 Å². The molecule has 106 valence electrons. The molecule has 0 radical (unpaired) electrons. The van der Waals surface area contributed by atoms with Crippen molar-refractivity contribution in [1.29, 1.82) is 0 Å². The molecule has 0 N–H and O–H groups in total. The van der Waals surface area contributed by atoms with Gasteiger partial charge in [0.25, 0.3) is 0 Å². The number of hydrogen-bond donors (Lipinski definition) is 0. The molecule has 0 aliphatic rings. The molecule has 0 bridgehead atoms. The number of rotatable bonds is 4. The van der Waals surface area contributed by atoms with Crippen molar-refractivity contribution in [2.75, 3.05) is 6.61 Å². The summed E-state index contributed by atoms with van der Waals surface area (Å²) in [7, 11) is 0. The van der Waals surface area contributed by atoms with Crippen LogP contribution in [0.2, 0.25) is 0 Å². The van der Waals surface area contributed by atoms with Gasteiger partial charge in [-0.05, 0) is 37.6 Å². The van der Waals surface area contributed by atoms with E-state index in [1.54, 1.807) is 29.8 Å². The molecule has 0 saturated heterocycles. The second-order valence-electron chi connectivity index (χ2n) is 4.43. The Morgan fingerprint density at radius 1 is 1.40 bits per heavy atom. The first-order chi connectivity index (χ1) is 9.52. The lowest BCUT2D eigenvalue weighted by molar-refractivity contribution is 0.0513. The fourth-order valence-electron chi connectivity index (χ4n) is 2.02. The summed E-state index contributed by atoms with van der Waals surface area (Å²) >= 11 is 3.22. The molecule has 0 aliphatic heterocycles. The average Bonchev–Trinajstić information content (AvgIpc) is 2.74. The molecule has 0 spiro atoms. The summed E-state index contributed by atoms with van der Waals surface area (Å²) < 4.78 is 21.3. The number of ether oxygens (including phenoxy) is 1. The van der Waals surface area contributed by atoms with E-state index in [-0.39, 0.29) is 11.8 Å². The maximum absolute atomic E-state index is 13.9. The smallest absolute Gasteiger partial charge is 0.355 e. The molecule has 0 saturated carbocycles. The summed E-state index contributed by atoms with van der Waals surface area (Å²) in [5.41, 5.74) is 1.81. The van der Waals surface area contributed by atoms with Crippen molar-refractivity contribution in [3.63, 3.8) is 0 Å². The van der Waals surface area contributed by atoms with E-state index in [1.807, 2.05) is 13.0 Å². The second kappa shape index (κ2) is 6.22. The Hall–Kier alpha value is -1.62. The van der Waals surface area contributed by atoms with Crippen molar-refractivity contribution in [1.82, 2.24) is 4.57 Å². The van der Waals surface area contributed by atoms with Crippen LogP contribution in [0.3, 0.4) is 0 Å². The molecule has 0 fully saturated rings. The lowest BCUT2D eigenvalue weighted by Gasteiger charge is -2.10. The number of hydrogen-bond acceptors (Lipinski definition) is 2. The summed E-state index contributed by atoms with van der Waals surface area (Å²) in [5.74, 6) is -0.687. The zero-order valence-electron chi connectivity index (χ0n) is 11.3. The molecule has 0 amide bonds. The van der Waals surface area contributed by atoms with E-state index in [2.05, 4.69) is 15.9 Å². The molecular weight excluding hydrogens is 325 g/mol. The standard InChI is InChI=1S/C15H15BrFNO2/c1-3-20-15(19)14-10(2)6-7-18(14)9-11-4-5-12(16)8-13(11)17/h4-8H,3,9H2,1-2H3. The van der Waals surface area contributed by atoms with Crippen LogP contribution >= 0.6 is 15.9 Å². The molecule has 5 heteroatoms. The van der Waals surface area contributed by atoms with Gasteiger partial charge in [0.2, 0.25) is 0 Å². The van der Waals surface area contributed by atoms with Crippen LogP contribution in [0.5, 0.6) is 0 Å². The van der Waals surface area contributed by atoms with Crippen LogP contribution < -0.4 is 0 Å². The average molecular weight is 340 g/mol. The number of halogens is 2. The largest absolute Gasteiger partial charge is 0.461 e. The summed E-state index contributed by atoms with van der Waals surface area (Å²) in [5, 5.41) is 0. The first kappa shape index (κ1) is 14.8. The number of esters is 1. The third-order valence-corrected chi connectivity index (χ3v) is 3.48. The van der Waals surface area contributed by atoms with E-state index in [0.29, 0.717) is 28.9 Å². The fraction of sp³-hybridized carbons (Fsp3) is 0.267. The highest BCUT2D eigenvalue weighted by molar-refractivity contribution is 9.10. The van der Waals surface area contributed by atoms with Gasteiger partial charge >= 0.3 is 5.97 Å². The molecule has 1 heterocycles. The number of carbonyl (C=O) groups excluding carboxylic acids is 1. The molecule has 2 rings (SSSR count). The SMILES string of the molecule is CCOC(=O)c1c(C)ccn1Cc1ccc(Br)cc1F. The van der Waals surface area contributed by atoms with E-state index < -0.39 is 0 Å². The van der Waals surface area contributed by atoms with Crippen LogP contribution in [-0.4, -0.2) is 17.1 Å². The van der Waals surface area contributed by atoms with Gasteiger partial charge in [-0.3, -0.25) is 0 Å². The summed E-state index contributed by atoms with van der Waals surface area (Å²) in [6.07, 6.45) is 1.77. The summed E-state index contributed by atoms with van der Waals surface area (Å²) in [6, 6.07) is 6.71. The number of benzene rings is 1. The van der Waals surface area contributed by atoms with Crippen LogP contribution in [0.1, 0.15) is 28.5 Å². The fourth-order valence-corrected chi connectivity index (χ4v) is 2.36. The Bertz CT molecular complexity index is 637. The lowest BCUT2D eigenvalue weighted by Crippen LogP contribution is -2.14. The van der Waals surface area contributed by atoms with Gasteiger partial charge in [0.05, 0.1) is 13.2 Å². The van der Waals surface area contributed by atoms with Crippen LogP contribution in [0.25, 0.3) is 0 Å². The predicted octanol–water partition coefficient (Wildman–Crippen LogP) is 3.92. The minimum atomic E-state index is -0.382. The molecule has 20 heavy (non-hydrogen) atoms. The number of nitrogens with zero attached hydrogens (tertiary/aromatic N) is 1. The van der Waals surface area contributed by atoms with Crippen molar-refractivity contribution in [3.05, 3.63) is 57.6 Å². The zero-order valence-corrected chi connectivity index (χ0v) is 12.9. The van der Waals surface area contributed by atoms with Gasteiger partial charge in [-0.2, -0.15) is 0 Å². The van der Waals surface area contributed by atoms with Gasteiger partial charge in [0.1, 0.15) is 11.5 Å². The van der Waals surface area contributed by atoms with E-state index >= 15 is 0 Å². The van der Waals surface area contributed by atoms with Gasteiger partial charge < -0.3 is 9.30 Å². The highest BCUT2D eigenvalue weighted by atomic mass is 79.9. The molecule has 3 nitrogen and oxygen atoms in total. The molecule has 0 unspecified atom stereocenters. The predicted molar refractivity (Wildman–Crippen MR) is 78.3 cm³/mol. The molecule has 0 aliphatic carbocycles. The van der Waals surface area contributed by atoms with Gasteiger partial charge in [0, 0.05) is 16.2 Å². The topological polar surface area (TPSA) is 31.2 Å². The summed E-state index contributed by atoms with van der Waals surface area (Å²) in [6.45, 7) is 4.20.